The van der Waals surface area contributed by atoms with Gasteiger partial charge in [-0.3, -0.25) is 4.79 Å². The molecular weight excluding hydrogens is 338 g/mol. The number of aromatic nitrogens is 1. The Balaban J connectivity index is 1.70. The maximum absolute atomic E-state index is 13.6. The second-order valence-electron chi connectivity index (χ2n) is 5.87. The monoisotopic (exact) mass is 353 g/mol. The van der Waals surface area contributed by atoms with Crippen LogP contribution in [-0.4, -0.2) is 10.9 Å². The number of halogens is 4. The second kappa shape index (κ2) is 7.08. The summed E-state index contributed by atoms with van der Waals surface area (Å²) >= 11 is 0. The van der Waals surface area contributed by atoms with Gasteiger partial charge in [-0.2, -0.15) is 22.5 Å². The Hall–Kier alpha value is -2.64. The molecule has 0 spiro atoms. The summed E-state index contributed by atoms with van der Waals surface area (Å²) in [7, 11) is 0. The van der Waals surface area contributed by atoms with Crippen molar-refractivity contribution in [1.82, 2.24) is 4.98 Å². The quantitative estimate of drug-likeness (QED) is 0.631. The maximum atomic E-state index is 13.6. The van der Waals surface area contributed by atoms with Crippen LogP contribution >= 0.6 is 0 Å². The van der Waals surface area contributed by atoms with Crippen molar-refractivity contribution in [2.75, 3.05) is 10.6 Å². The SMILES string of the molecule is O=C(Nc1cccc(CNc2c(F)c(F)nc(F)c2F)c1)C1CCC1. The fourth-order valence-corrected chi connectivity index (χ4v) is 2.51. The number of carbonyl (C=O) groups is 1. The summed E-state index contributed by atoms with van der Waals surface area (Å²) in [5.74, 6) is -6.66. The van der Waals surface area contributed by atoms with Crippen molar-refractivity contribution in [3.05, 3.63) is 53.4 Å². The van der Waals surface area contributed by atoms with Gasteiger partial charge < -0.3 is 10.6 Å². The van der Waals surface area contributed by atoms with E-state index in [4.69, 9.17) is 0 Å². The van der Waals surface area contributed by atoms with Crippen LogP contribution in [0.2, 0.25) is 0 Å². The lowest BCUT2D eigenvalue weighted by Crippen LogP contribution is -2.28. The molecule has 1 saturated carbocycles. The lowest BCUT2D eigenvalue weighted by atomic mass is 9.85. The first-order valence-electron chi connectivity index (χ1n) is 7.79. The molecule has 0 saturated heterocycles. The van der Waals surface area contributed by atoms with Gasteiger partial charge in [0.15, 0.2) is 0 Å². The van der Waals surface area contributed by atoms with Crippen LogP contribution in [0, 0.1) is 29.4 Å². The Bertz CT molecular complexity index is 782. The average molecular weight is 353 g/mol. The fourth-order valence-electron chi connectivity index (χ4n) is 2.51. The van der Waals surface area contributed by atoms with E-state index in [0.29, 0.717) is 11.3 Å². The van der Waals surface area contributed by atoms with E-state index in [0.717, 1.165) is 19.3 Å². The van der Waals surface area contributed by atoms with Crippen LogP contribution in [0.15, 0.2) is 24.3 Å². The Morgan fingerprint density at radius 2 is 1.80 bits per heavy atom. The predicted molar refractivity (Wildman–Crippen MR) is 83.8 cm³/mol. The molecule has 25 heavy (non-hydrogen) atoms. The molecule has 8 heteroatoms. The van der Waals surface area contributed by atoms with Crippen LogP contribution in [0.4, 0.5) is 28.9 Å². The van der Waals surface area contributed by atoms with Crippen LogP contribution in [0.5, 0.6) is 0 Å². The van der Waals surface area contributed by atoms with Gasteiger partial charge in [0.1, 0.15) is 5.69 Å². The third-order valence-corrected chi connectivity index (χ3v) is 4.14. The number of carbonyl (C=O) groups excluding carboxylic acids is 1. The first-order chi connectivity index (χ1) is 12.0. The smallest absolute Gasteiger partial charge is 0.253 e. The van der Waals surface area contributed by atoms with Gasteiger partial charge in [-0.15, -0.1) is 0 Å². The molecule has 0 atom stereocenters. The molecule has 1 aromatic carbocycles. The van der Waals surface area contributed by atoms with Gasteiger partial charge >= 0.3 is 0 Å². The van der Waals surface area contributed by atoms with E-state index in [9.17, 15) is 22.4 Å². The molecule has 1 aliphatic rings. The third-order valence-electron chi connectivity index (χ3n) is 4.14. The molecule has 1 fully saturated rings. The third kappa shape index (κ3) is 3.72. The molecule has 132 valence electrons. The molecule has 1 aromatic heterocycles. The average Bonchev–Trinajstić information content (AvgIpc) is 2.51. The first kappa shape index (κ1) is 17.2. The molecular formula is C17H15F4N3O. The lowest BCUT2D eigenvalue weighted by Gasteiger charge is -2.24. The number of amides is 1. The molecule has 3 rings (SSSR count). The minimum Gasteiger partial charge on any atom is -0.376 e. The minimum absolute atomic E-state index is 0.0211. The molecule has 1 aliphatic carbocycles. The molecule has 4 nitrogen and oxygen atoms in total. The zero-order chi connectivity index (χ0) is 18.0. The van der Waals surface area contributed by atoms with Gasteiger partial charge in [0, 0.05) is 18.2 Å². The van der Waals surface area contributed by atoms with Crippen molar-refractivity contribution in [2.45, 2.75) is 25.8 Å². The number of rotatable bonds is 5. The van der Waals surface area contributed by atoms with E-state index >= 15 is 0 Å². The predicted octanol–water partition coefficient (Wildman–Crippen LogP) is 3.99. The Kier molecular flexibility index (Phi) is 4.87. The minimum atomic E-state index is -1.72. The number of hydrogen-bond acceptors (Lipinski definition) is 3. The summed E-state index contributed by atoms with van der Waals surface area (Å²) < 4.78 is 53.3. The maximum Gasteiger partial charge on any atom is 0.253 e. The van der Waals surface area contributed by atoms with E-state index in [-0.39, 0.29) is 18.4 Å². The normalized spacial score (nSPS) is 14.1. The van der Waals surface area contributed by atoms with Crippen molar-refractivity contribution >= 4 is 17.3 Å². The molecule has 2 N–H and O–H groups in total. The van der Waals surface area contributed by atoms with Crippen LogP contribution < -0.4 is 10.6 Å². The number of benzene rings is 1. The van der Waals surface area contributed by atoms with Gasteiger partial charge in [-0.05, 0) is 30.5 Å². The molecule has 0 radical (unpaired) electrons. The van der Waals surface area contributed by atoms with E-state index < -0.39 is 29.2 Å². The van der Waals surface area contributed by atoms with Crippen molar-refractivity contribution in [1.29, 1.82) is 0 Å². The lowest BCUT2D eigenvalue weighted by molar-refractivity contribution is -0.122. The highest BCUT2D eigenvalue weighted by atomic mass is 19.2. The zero-order valence-electron chi connectivity index (χ0n) is 13.1. The molecule has 0 aliphatic heterocycles. The zero-order valence-corrected chi connectivity index (χ0v) is 13.1. The number of nitrogens with one attached hydrogen (secondary N) is 2. The molecule has 0 unspecified atom stereocenters. The highest BCUT2D eigenvalue weighted by Crippen LogP contribution is 2.28. The Morgan fingerprint density at radius 1 is 1.12 bits per heavy atom. The van der Waals surface area contributed by atoms with Crippen molar-refractivity contribution < 1.29 is 22.4 Å². The summed E-state index contributed by atoms with van der Waals surface area (Å²) in [5.41, 5.74) is 0.195. The van der Waals surface area contributed by atoms with Gasteiger partial charge in [-0.1, -0.05) is 18.6 Å². The topological polar surface area (TPSA) is 54.0 Å². The van der Waals surface area contributed by atoms with Crippen LogP contribution in [0.3, 0.4) is 0 Å². The summed E-state index contributed by atoms with van der Waals surface area (Å²) in [6, 6.07) is 6.61. The van der Waals surface area contributed by atoms with Crippen molar-refractivity contribution in [3.63, 3.8) is 0 Å². The number of pyridine rings is 1. The van der Waals surface area contributed by atoms with Crippen LogP contribution in [0.25, 0.3) is 0 Å². The van der Waals surface area contributed by atoms with Crippen molar-refractivity contribution in [2.24, 2.45) is 5.92 Å². The summed E-state index contributed by atoms with van der Waals surface area (Å²) in [5, 5.41) is 5.10. The van der Waals surface area contributed by atoms with E-state index in [1.807, 2.05) is 0 Å². The van der Waals surface area contributed by atoms with Gasteiger partial charge in [-0.25, -0.2) is 0 Å². The van der Waals surface area contributed by atoms with E-state index in [2.05, 4.69) is 15.6 Å². The number of nitrogens with zero attached hydrogens (tertiary/aromatic N) is 1. The van der Waals surface area contributed by atoms with Crippen LogP contribution in [0.1, 0.15) is 24.8 Å². The van der Waals surface area contributed by atoms with Gasteiger partial charge in [0.2, 0.25) is 17.5 Å². The van der Waals surface area contributed by atoms with Gasteiger partial charge in [0.25, 0.3) is 11.9 Å². The van der Waals surface area contributed by atoms with E-state index in [1.54, 1.807) is 24.3 Å². The molecule has 1 heterocycles. The molecule has 0 bridgehead atoms. The highest BCUT2D eigenvalue weighted by molar-refractivity contribution is 5.93. The van der Waals surface area contributed by atoms with Gasteiger partial charge in [0.05, 0.1) is 0 Å². The molecule has 1 amide bonds. The highest BCUT2D eigenvalue weighted by Gasteiger charge is 2.25. The Morgan fingerprint density at radius 3 is 2.40 bits per heavy atom. The summed E-state index contributed by atoms with van der Waals surface area (Å²) in [4.78, 5) is 14.4. The molecule has 2 aromatic rings. The standard InChI is InChI=1S/C17H15F4N3O/c18-12-14(13(19)16(21)24-15(12)20)22-8-9-3-1-6-11(7-9)23-17(25)10-4-2-5-10/h1,3,6-7,10H,2,4-5,8H2,(H,22,24)(H,23,25). The largest absolute Gasteiger partial charge is 0.376 e. The van der Waals surface area contributed by atoms with Crippen LogP contribution in [-0.2, 0) is 11.3 Å². The summed E-state index contributed by atoms with van der Waals surface area (Å²) in [6.45, 7) is -0.0934. The van der Waals surface area contributed by atoms with E-state index in [1.165, 1.54) is 0 Å². The number of hydrogen-bond donors (Lipinski definition) is 2. The fraction of sp³-hybridized carbons (Fsp3) is 0.294. The Labute approximate surface area is 141 Å². The second-order valence-corrected chi connectivity index (χ2v) is 5.87. The first-order valence-corrected chi connectivity index (χ1v) is 7.79. The van der Waals surface area contributed by atoms with Crippen molar-refractivity contribution in [3.8, 4) is 0 Å². The number of anilines is 2. The summed E-state index contributed by atoms with van der Waals surface area (Å²) in [6.07, 6.45) is 2.77.